The van der Waals surface area contributed by atoms with Gasteiger partial charge in [0, 0.05) is 24.3 Å². The maximum atomic E-state index is 11.3. The van der Waals surface area contributed by atoms with Crippen molar-refractivity contribution in [2.45, 2.75) is 36.5 Å². The van der Waals surface area contributed by atoms with Gasteiger partial charge in [0.2, 0.25) is 0 Å². The van der Waals surface area contributed by atoms with Gasteiger partial charge in [0.1, 0.15) is 18.2 Å². The zero-order valence-electron chi connectivity index (χ0n) is 14.6. The molecular weight excluding hydrogens is 358 g/mol. The minimum atomic E-state index is -4.66. The third-order valence-electron chi connectivity index (χ3n) is 6.88. The van der Waals surface area contributed by atoms with Crippen molar-refractivity contribution in [3.63, 3.8) is 0 Å². The lowest BCUT2D eigenvalue weighted by molar-refractivity contribution is -0.926. The van der Waals surface area contributed by atoms with Gasteiger partial charge in [-0.15, -0.1) is 0 Å². The zero-order chi connectivity index (χ0) is 18.5. The number of likely N-dealkylation sites (N-methyl/N-ethyl adjacent to an activating group) is 1. The molecule has 5 atom stereocenters. The summed E-state index contributed by atoms with van der Waals surface area (Å²) in [6.45, 7) is 0.948. The lowest BCUT2D eigenvalue weighted by atomic mass is 9.53. The van der Waals surface area contributed by atoms with Crippen molar-refractivity contribution in [1.29, 1.82) is 0 Å². The molecule has 26 heavy (non-hydrogen) atoms. The highest BCUT2D eigenvalue weighted by Gasteiger charge is 2.67. The van der Waals surface area contributed by atoms with Gasteiger partial charge in [-0.3, -0.25) is 4.55 Å². The van der Waals surface area contributed by atoms with E-state index in [0.717, 1.165) is 35.0 Å². The van der Waals surface area contributed by atoms with E-state index in [-0.39, 0.29) is 17.1 Å². The number of piperidine rings is 1. The predicted molar refractivity (Wildman–Crippen MR) is 92.4 cm³/mol. The van der Waals surface area contributed by atoms with Gasteiger partial charge in [-0.05, 0) is 11.6 Å². The second-order valence-corrected chi connectivity index (χ2v) is 9.46. The van der Waals surface area contributed by atoms with E-state index in [4.69, 9.17) is 13.5 Å². The molecule has 8 heteroatoms. The molecule has 2 N–H and O–H groups in total. The fourth-order valence-corrected chi connectivity index (χ4v) is 6.13. The van der Waals surface area contributed by atoms with E-state index in [1.54, 1.807) is 6.08 Å². The maximum Gasteiger partial charge on any atom is 0.446 e. The first kappa shape index (κ1) is 16.6. The predicted octanol–water partition coefficient (Wildman–Crippen LogP) is 0.819. The second-order valence-electron chi connectivity index (χ2n) is 8.44. The first-order valence-electron chi connectivity index (χ1n) is 8.82. The number of likely N-dealkylation sites (tertiary alicyclic amines) is 1. The van der Waals surface area contributed by atoms with Crippen molar-refractivity contribution in [2.75, 3.05) is 20.6 Å². The molecule has 1 spiro atoms. The Kier molecular flexibility index (Phi) is 3.06. The Hall–Kier alpha value is -1.61. The van der Waals surface area contributed by atoms with Crippen LogP contribution in [0.1, 0.15) is 17.5 Å². The molecule has 0 unspecified atom stereocenters. The SMILES string of the molecule is C[N+]1(C)CC[C@]23c4c5ccc(OS(=O)(=O)O)c4O[C@H]2[C@@H](O)C=C[C@H]3[C@H]1C5. The van der Waals surface area contributed by atoms with Crippen molar-refractivity contribution in [3.8, 4) is 11.5 Å². The van der Waals surface area contributed by atoms with Crippen LogP contribution in [0, 0.1) is 5.92 Å². The third kappa shape index (κ3) is 1.95. The number of hydrogen-bond acceptors (Lipinski definition) is 5. The first-order chi connectivity index (χ1) is 12.1. The van der Waals surface area contributed by atoms with Crippen LogP contribution in [0.15, 0.2) is 24.3 Å². The van der Waals surface area contributed by atoms with Gasteiger partial charge in [0.25, 0.3) is 0 Å². The van der Waals surface area contributed by atoms with Crippen LogP contribution in [0.25, 0.3) is 0 Å². The molecule has 140 valence electrons. The molecule has 5 rings (SSSR count). The van der Waals surface area contributed by atoms with E-state index in [9.17, 15) is 13.5 Å². The lowest BCUT2D eigenvalue weighted by Gasteiger charge is -2.58. The van der Waals surface area contributed by atoms with Crippen LogP contribution in [0.4, 0.5) is 0 Å². The average Bonchev–Trinajstić information content (AvgIpc) is 2.89. The number of rotatable bonds is 2. The third-order valence-corrected chi connectivity index (χ3v) is 7.27. The lowest BCUT2D eigenvalue weighted by Crippen LogP contribution is -2.70. The fourth-order valence-electron chi connectivity index (χ4n) is 5.77. The largest absolute Gasteiger partial charge is 0.482 e. The molecule has 2 aliphatic heterocycles. The highest BCUT2D eigenvalue weighted by atomic mass is 32.3. The molecule has 1 saturated heterocycles. The minimum absolute atomic E-state index is 0.0150. The Morgan fingerprint density at radius 1 is 1.31 bits per heavy atom. The Balaban J connectivity index is 1.77. The summed E-state index contributed by atoms with van der Waals surface area (Å²) in [6.07, 6.45) is 4.36. The van der Waals surface area contributed by atoms with Crippen molar-refractivity contribution in [1.82, 2.24) is 0 Å². The standard InChI is InChI=1S/C18H21NO6S/c1-19(2)8-7-18-11-4-5-13(20)17(18)24-16-14(25-26(21,22)23)6-3-10(15(16)18)9-12(11)19/h3-6,11-13,17,20H,7-9H2,1-2H3/p+1/t11-,12+,13-,17-,18-/m0/s1. The molecular formula is C18H22NO6S+. The topological polar surface area (TPSA) is 93.1 Å². The molecule has 1 aromatic carbocycles. The maximum absolute atomic E-state index is 11.3. The van der Waals surface area contributed by atoms with Gasteiger partial charge >= 0.3 is 10.4 Å². The monoisotopic (exact) mass is 380 g/mol. The number of ether oxygens (including phenoxy) is 1. The van der Waals surface area contributed by atoms with Crippen LogP contribution in [0.5, 0.6) is 11.5 Å². The number of nitrogens with zero attached hydrogens (tertiary/aromatic N) is 1. The van der Waals surface area contributed by atoms with E-state index in [1.807, 2.05) is 6.07 Å². The van der Waals surface area contributed by atoms with Gasteiger partial charge in [0.05, 0.1) is 26.1 Å². The van der Waals surface area contributed by atoms with Crippen molar-refractivity contribution >= 4 is 10.4 Å². The summed E-state index contributed by atoms with van der Waals surface area (Å²) in [5.41, 5.74) is 1.68. The molecule has 0 saturated carbocycles. The van der Waals surface area contributed by atoms with Gasteiger partial charge in [0.15, 0.2) is 11.5 Å². The van der Waals surface area contributed by atoms with Crippen LogP contribution >= 0.6 is 0 Å². The summed E-state index contributed by atoms with van der Waals surface area (Å²) >= 11 is 0. The fraction of sp³-hybridized carbons (Fsp3) is 0.556. The Labute approximate surface area is 152 Å². The average molecular weight is 380 g/mol. The summed E-state index contributed by atoms with van der Waals surface area (Å²) in [7, 11) is -0.178. The molecule has 2 heterocycles. The molecule has 0 radical (unpaired) electrons. The van der Waals surface area contributed by atoms with Crippen molar-refractivity contribution in [2.24, 2.45) is 5.92 Å². The highest BCUT2D eigenvalue weighted by Crippen LogP contribution is 2.63. The number of hydrogen-bond donors (Lipinski definition) is 2. The summed E-state index contributed by atoms with van der Waals surface area (Å²) in [5, 5.41) is 10.6. The van der Waals surface area contributed by atoms with Gasteiger partial charge < -0.3 is 18.5 Å². The van der Waals surface area contributed by atoms with Crippen LogP contribution in [0.2, 0.25) is 0 Å². The number of benzene rings is 1. The smallest absolute Gasteiger partial charge is 0.446 e. The Bertz CT molecular complexity index is 939. The van der Waals surface area contributed by atoms with Crippen LogP contribution in [0.3, 0.4) is 0 Å². The molecule has 0 aromatic heterocycles. The summed E-state index contributed by atoms with van der Waals surface area (Å²) < 4.78 is 43.4. The molecule has 2 bridgehead atoms. The van der Waals surface area contributed by atoms with E-state index in [0.29, 0.717) is 11.8 Å². The number of aliphatic hydroxyl groups is 1. The number of aliphatic hydroxyl groups excluding tert-OH is 1. The molecule has 1 fully saturated rings. The first-order valence-corrected chi connectivity index (χ1v) is 10.2. The van der Waals surface area contributed by atoms with E-state index < -0.39 is 22.6 Å². The number of quaternary nitrogens is 1. The van der Waals surface area contributed by atoms with Crippen molar-refractivity contribution in [3.05, 3.63) is 35.4 Å². The van der Waals surface area contributed by atoms with Crippen molar-refractivity contribution < 1.29 is 31.5 Å². The van der Waals surface area contributed by atoms with E-state index in [1.165, 1.54) is 6.07 Å². The molecule has 1 aromatic rings. The zero-order valence-corrected chi connectivity index (χ0v) is 15.4. The summed E-state index contributed by atoms with van der Waals surface area (Å²) in [5.74, 6) is 0.539. The quantitative estimate of drug-likeness (QED) is 0.448. The van der Waals surface area contributed by atoms with Crippen LogP contribution in [-0.2, 0) is 22.2 Å². The minimum Gasteiger partial charge on any atom is -0.482 e. The second kappa shape index (κ2) is 4.81. The normalized spacial score (nSPS) is 38.5. The van der Waals surface area contributed by atoms with Crippen LogP contribution < -0.4 is 8.92 Å². The van der Waals surface area contributed by atoms with Gasteiger partial charge in [-0.2, -0.15) is 8.42 Å². The van der Waals surface area contributed by atoms with E-state index >= 15 is 0 Å². The van der Waals surface area contributed by atoms with Gasteiger partial charge in [-0.25, -0.2) is 0 Å². The summed E-state index contributed by atoms with van der Waals surface area (Å²) in [6, 6.07) is 3.77. The Morgan fingerprint density at radius 2 is 2.08 bits per heavy atom. The molecule has 4 aliphatic rings. The summed E-state index contributed by atoms with van der Waals surface area (Å²) in [4.78, 5) is 0. The molecule has 0 amide bonds. The Morgan fingerprint density at radius 3 is 2.81 bits per heavy atom. The highest BCUT2D eigenvalue weighted by molar-refractivity contribution is 7.81. The molecule has 7 nitrogen and oxygen atoms in total. The van der Waals surface area contributed by atoms with Crippen LogP contribution in [-0.4, -0.2) is 61.4 Å². The van der Waals surface area contributed by atoms with Gasteiger partial charge in [-0.1, -0.05) is 18.2 Å². The van der Waals surface area contributed by atoms with E-state index in [2.05, 4.69) is 20.2 Å². The molecule has 2 aliphatic carbocycles.